The van der Waals surface area contributed by atoms with Crippen LogP contribution in [0.15, 0.2) is 34.8 Å². The number of esters is 1. The van der Waals surface area contributed by atoms with E-state index in [-0.39, 0.29) is 31.1 Å². The van der Waals surface area contributed by atoms with Gasteiger partial charge >= 0.3 is 5.97 Å². The highest BCUT2D eigenvalue weighted by molar-refractivity contribution is 9.10. The Morgan fingerprint density at radius 3 is 2.80 bits per heavy atom. The second kappa shape index (κ2) is 10.3. The van der Waals surface area contributed by atoms with Crippen LogP contribution < -0.4 is 20.1 Å². The van der Waals surface area contributed by atoms with Crippen molar-refractivity contribution in [2.45, 2.75) is 25.8 Å². The van der Waals surface area contributed by atoms with E-state index in [0.717, 1.165) is 10.0 Å². The van der Waals surface area contributed by atoms with Gasteiger partial charge in [0.15, 0.2) is 11.5 Å². The largest absolute Gasteiger partial charge is 0.463 e. The quantitative estimate of drug-likeness (QED) is 0.439. The SMILES string of the molecule is CCOC(=O)/C=C/C(CC1CCNC1=O)NC(=O)/C=C/c1cc2c(cc1Br)OCO2. The average molecular weight is 479 g/mol. The predicted molar refractivity (Wildman–Crippen MR) is 113 cm³/mol. The van der Waals surface area contributed by atoms with Crippen LogP contribution in [-0.2, 0) is 19.1 Å². The van der Waals surface area contributed by atoms with Crippen molar-refractivity contribution in [1.82, 2.24) is 10.6 Å². The normalized spacial score (nSPS) is 18.6. The van der Waals surface area contributed by atoms with Crippen molar-refractivity contribution in [3.05, 3.63) is 40.4 Å². The van der Waals surface area contributed by atoms with Gasteiger partial charge in [-0.3, -0.25) is 9.59 Å². The van der Waals surface area contributed by atoms with Gasteiger partial charge < -0.3 is 24.8 Å². The van der Waals surface area contributed by atoms with E-state index in [4.69, 9.17) is 14.2 Å². The number of hydrogen-bond donors (Lipinski definition) is 2. The summed E-state index contributed by atoms with van der Waals surface area (Å²) in [6.45, 7) is 2.76. The number of benzene rings is 1. The number of fused-ring (bicyclic) bond motifs is 1. The molecule has 0 radical (unpaired) electrons. The van der Waals surface area contributed by atoms with Crippen LogP contribution in [0, 0.1) is 5.92 Å². The number of halogens is 1. The van der Waals surface area contributed by atoms with Crippen LogP contribution >= 0.6 is 15.9 Å². The molecule has 2 unspecified atom stereocenters. The van der Waals surface area contributed by atoms with E-state index in [1.807, 2.05) is 0 Å². The first-order chi connectivity index (χ1) is 14.5. The van der Waals surface area contributed by atoms with Gasteiger partial charge in [-0.25, -0.2) is 4.79 Å². The highest BCUT2D eigenvalue weighted by Gasteiger charge is 2.27. The van der Waals surface area contributed by atoms with Gasteiger partial charge in [0.2, 0.25) is 18.6 Å². The molecule has 0 aliphatic carbocycles. The number of ether oxygens (including phenoxy) is 3. The van der Waals surface area contributed by atoms with Crippen molar-refractivity contribution in [3.63, 3.8) is 0 Å². The lowest BCUT2D eigenvalue weighted by Gasteiger charge is -2.17. The van der Waals surface area contributed by atoms with E-state index >= 15 is 0 Å². The number of carbonyl (C=O) groups excluding carboxylic acids is 3. The molecule has 2 atom stereocenters. The molecule has 160 valence electrons. The summed E-state index contributed by atoms with van der Waals surface area (Å²) in [5, 5.41) is 5.61. The maximum Gasteiger partial charge on any atom is 0.330 e. The fraction of sp³-hybridized carbons (Fsp3) is 0.381. The van der Waals surface area contributed by atoms with E-state index < -0.39 is 12.0 Å². The van der Waals surface area contributed by atoms with Crippen LogP contribution in [0.5, 0.6) is 11.5 Å². The molecule has 1 aromatic rings. The van der Waals surface area contributed by atoms with Crippen molar-refractivity contribution in [3.8, 4) is 11.5 Å². The summed E-state index contributed by atoms with van der Waals surface area (Å²) in [5.41, 5.74) is 0.753. The molecule has 2 amide bonds. The van der Waals surface area contributed by atoms with E-state index in [0.29, 0.717) is 30.9 Å². The summed E-state index contributed by atoms with van der Waals surface area (Å²) in [4.78, 5) is 36.0. The molecule has 2 aliphatic rings. The molecule has 0 spiro atoms. The minimum Gasteiger partial charge on any atom is -0.463 e. The second-order valence-electron chi connectivity index (χ2n) is 6.80. The smallest absolute Gasteiger partial charge is 0.330 e. The number of carbonyl (C=O) groups is 3. The molecule has 9 heteroatoms. The van der Waals surface area contributed by atoms with E-state index in [2.05, 4.69) is 26.6 Å². The average Bonchev–Trinajstić information content (AvgIpc) is 3.33. The van der Waals surface area contributed by atoms with Gasteiger partial charge in [0.05, 0.1) is 6.61 Å². The molecule has 30 heavy (non-hydrogen) atoms. The van der Waals surface area contributed by atoms with E-state index in [9.17, 15) is 14.4 Å². The fourth-order valence-electron chi connectivity index (χ4n) is 3.20. The molecule has 1 fully saturated rings. The predicted octanol–water partition coefficient (Wildman–Crippen LogP) is 2.32. The van der Waals surface area contributed by atoms with Crippen molar-refractivity contribution < 1.29 is 28.6 Å². The Bertz CT molecular complexity index is 882. The van der Waals surface area contributed by atoms with Crippen LogP contribution in [0.3, 0.4) is 0 Å². The standard InChI is InChI=1S/C21H23BrN2O6/c1-2-28-20(26)6-4-15(9-14-7-8-23-21(14)27)24-19(25)5-3-13-10-17-18(11-16(13)22)30-12-29-17/h3-6,10-11,14-15H,2,7-9,12H2,1H3,(H,23,27)(H,24,25)/b5-3+,6-4+. The summed E-state index contributed by atoms with van der Waals surface area (Å²) in [6.07, 6.45) is 6.97. The van der Waals surface area contributed by atoms with E-state index in [1.165, 1.54) is 12.2 Å². The number of amides is 2. The molecule has 0 saturated carbocycles. The number of hydrogen-bond acceptors (Lipinski definition) is 6. The molecule has 0 aromatic heterocycles. The minimum absolute atomic E-state index is 0.0429. The third-order valence-corrected chi connectivity index (χ3v) is 5.37. The van der Waals surface area contributed by atoms with Gasteiger partial charge in [-0.05, 0) is 43.5 Å². The van der Waals surface area contributed by atoms with Crippen molar-refractivity contribution >= 4 is 39.8 Å². The summed E-state index contributed by atoms with van der Waals surface area (Å²) in [5.74, 6) is 0.153. The highest BCUT2D eigenvalue weighted by atomic mass is 79.9. The van der Waals surface area contributed by atoms with Gasteiger partial charge in [0, 0.05) is 35.1 Å². The topological polar surface area (TPSA) is 103 Å². The Hall–Kier alpha value is -2.81. The third kappa shape index (κ3) is 5.85. The Kier molecular flexibility index (Phi) is 7.51. The Morgan fingerprint density at radius 2 is 2.10 bits per heavy atom. The van der Waals surface area contributed by atoms with E-state index in [1.54, 1.807) is 31.2 Å². The first-order valence-corrected chi connectivity index (χ1v) is 10.5. The van der Waals surface area contributed by atoms with Crippen LogP contribution in [-0.4, -0.2) is 43.8 Å². The van der Waals surface area contributed by atoms with Crippen molar-refractivity contribution in [2.24, 2.45) is 5.92 Å². The summed E-state index contributed by atoms with van der Waals surface area (Å²) >= 11 is 3.45. The van der Waals surface area contributed by atoms with Gasteiger partial charge in [-0.15, -0.1) is 0 Å². The molecule has 1 saturated heterocycles. The van der Waals surface area contributed by atoms with Gasteiger partial charge in [0.1, 0.15) is 0 Å². The van der Waals surface area contributed by atoms with Gasteiger partial charge in [0.25, 0.3) is 0 Å². The minimum atomic E-state index is -0.493. The lowest BCUT2D eigenvalue weighted by molar-refractivity contribution is -0.137. The Balaban J connectivity index is 1.66. The van der Waals surface area contributed by atoms with Gasteiger partial charge in [-0.1, -0.05) is 22.0 Å². The Labute approximate surface area is 182 Å². The fourth-order valence-corrected chi connectivity index (χ4v) is 3.66. The van der Waals surface area contributed by atoms with Gasteiger partial charge in [-0.2, -0.15) is 0 Å². The molecule has 0 bridgehead atoms. The van der Waals surface area contributed by atoms with Crippen molar-refractivity contribution in [1.29, 1.82) is 0 Å². The first-order valence-electron chi connectivity index (χ1n) is 9.66. The Morgan fingerprint density at radius 1 is 1.33 bits per heavy atom. The molecule has 2 heterocycles. The second-order valence-corrected chi connectivity index (χ2v) is 7.65. The monoisotopic (exact) mass is 478 g/mol. The summed E-state index contributed by atoms with van der Waals surface area (Å²) < 4.78 is 16.3. The number of nitrogens with one attached hydrogen (secondary N) is 2. The zero-order valence-electron chi connectivity index (χ0n) is 16.5. The van der Waals surface area contributed by atoms with Crippen LogP contribution in [0.4, 0.5) is 0 Å². The zero-order chi connectivity index (χ0) is 21.5. The van der Waals surface area contributed by atoms with Crippen LogP contribution in [0.25, 0.3) is 6.08 Å². The lowest BCUT2D eigenvalue weighted by atomic mass is 9.98. The molecule has 1 aromatic carbocycles. The highest BCUT2D eigenvalue weighted by Crippen LogP contribution is 2.37. The third-order valence-electron chi connectivity index (χ3n) is 4.69. The first kappa shape index (κ1) is 21.9. The molecule has 2 aliphatic heterocycles. The molecule has 2 N–H and O–H groups in total. The lowest BCUT2D eigenvalue weighted by Crippen LogP contribution is -2.35. The molecular formula is C21H23BrN2O6. The molecular weight excluding hydrogens is 456 g/mol. The molecule has 8 nitrogen and oxygen atoms in total. The van der Waals surface area contributed by atoms with Crippen LogP contribution in [0.1, 0.15) is 25.3 Å². The maximum absolute atomic E-state index is 12.5. The summed E-state index contributed by atoms with van der Waals surface area (Å²) in [7, 11) is 0. The number of rotatable bonds is 8. The van der Waals surface area contributed by atoms with Crippen LogP contribution in [0.2, 0.25) is 0 Å². The molecule has 3 rings (SSSR count). The zero-order valence-corrected chi connectivity index (χ0v) is 18.1. The van der Waals surface area contributed by atoms with Crippen molar-refractivity contribution in [2.75, 3.05) is 19.9 Å². The summed E-state index contributed by atoms with van der Waals surface area (Å²) in [6, 6.07) is 3.07. The maximum atomic E-state index is 12.5.